The van der Waals surface area contributed by atoms with E-state index in [4.69, 9.17) is 4.74 Å². The van der Waals surface area contributed by atoms with Crippen LogP contribution in [0.3, 0.4) is 0 Å². The molecule has 0 saturated carbocycles. The molecule has 1 aliphatic rings. The summed E-state index contributed by atoms with van der Waals surface area (Å²) in [7, 11) is -2.07. The first-order chi connectivity index (χ1) is 15.0. The van der Waals surface area contributed by atoms with Crippen LogP contribution in [-0.4, -0.2) is 25.7 Å². The van der Waals surface area contributed by atoms with Crippen molar-refractivity contribution in [1.29, 1.82) is 0 Å². The minimum atomic E-state index is -3.67. The number of sulfonamides is 1. The zero-order valence-corrected chi connectivity index (χ0v) is 18.0. The molecule has 31 heavy (non-hydrogen) atoms. The third-order valence-corrected chi connectivity index (χ3v) is 7.35. The van der Waals surface area contributed by atoms with E-state index in [-0.39, 0.29) is 23.8 Å². The molecule has 0 aromatic heterocycles. The molecule has 3 aromatic carbocycles. The van der Waals surface area contributed by atoms with Crippen molar-refractivity contribution in [3.63, 3.8) is 0 Å². The highest BCUT2D eigenvalue weighted by molar-refractivity contribution is 7.89. The van der Waals surface area contributed by atoms with Gasteiger partial charge in [-0.05, 0) is 34.9 Å². The highest BCUT2D eigenvalue weighted by Crippen LogP contribution is 2.42. The summed E-state index contributed by atoms with van der Waals surface area (Å²) in [6, 6.07) is 23.2. The maximum Gasteiger partial charge on any atom is 0.244 e. The van der Waals surface area contributed by atoms with Crippen LogP contribution in [0.4, 0.5) is 0 Å². The van der Waals surface area contributed by atoms with Gasteiger partial charge in [-0.1, -0.05) is 60.7 Å². The maximum absolute atomic E-state index is 13.2. The molecule has 0 spiro atoms. The van der Waals surface area contributed by atoms with Crippen molar-refractivity contribution in [2.75, 3.05) is 7.11 Å². The number of hydrogen-bond donors (Lipinski definition) is 1. The van der Waals surface area contributed by atoms with E-state index in [2.05, 4.69) is 5.32 Å². The molecule has 0 aliphatic carbocycles. The first-order valence-corrected chi connectivity index (χ1v) is 11.5. The molecule has 0 unspecified atom stereocenters. The largest absolute Gasteiger partial charge is 0.497 e. The summed E-state index contributed by atoms with van der Waals surface area (Å²) in [5.41, 5.74) is 2.48. The van der Waals surface area contributed by atoms with Gasteiger partial charge in [0.2, 0.25) is 15.9 Å². The number of nitrogens with zero attached hydrogens (tertiary/aromatic N) is 1. The summed E-state index contributed by atoms with van der Waals surface area (Å²) in [5, 5.41) is 2.90. The first-order valence-electron chi connectivity index (χ1n) is 10.0. The Bertz CT molecular complexity index is 1160. The second-order valence-electron chi connectivity index (χ2n) is 7.42. The number of carbonyl (C=O) groups excluding carboxylic acids is 1. The lowest BCUT2D eigenvalue weighted by molar-refractivity contribution is -0.122. The minimum absolute atomic E-state index is 0.0548. The van der Waals surface area contributed by atoms with Gasteiger partial charge in [0.15, 0.2) is 0 Å². The van der Waals surface area contributed by atoms with Gasteiger partial charge < -0.3 is 10.1 Å². The van der Waals surface area contributed by atoms with Gasteiger partial charge in [0.05, 0.1) is 18.0 Å². The van der Waals surface area contributed by atoms with Gasteiger partial charge in [0.1, 0.15) is 5.75 Å². The first kappa shape index (κ1) is 21.1. The number of fused-ring (bicyclic) bond motifs is 1. The predicted molar refractivity (Wildman–Crippen MR) is 118 cm³/mol. The number of rotatable bonds is 7. The van der Waals surface area contributed by atoms with E-state index < -0.39 is 16.1 Å². The van der Waals surface area contributed by atoms with Crippen LogP contribution in [0.15, 0.2) is 83.8 Å². The van der Waals surface area contributed by atoms with Crippen LogP contribution in [0.25, 0.3) is 0 Å². The second kappa shape index (κ2) is 8.91. The van der Waals surface area contributed by atoms with Crippen LogP contribution in [0.2, 0.25) is 0 Å². The number of benzene rings is 3. The molecule has 0 radical (unpaired) electrons. The van der Waals surface area contributed by atoms with E-state index in [1.807, 2.05) is 60.7 Å². The van der Waals surface area contributed by atoms with E-state index in [0.29, 0.717) is 12.1 Å². The highest BCUT2D eigenvalue weighted by atomic mass is 32.2. The SMILES string of the molecule is COc1ccc(CNC(=O)C[C@H]2c3ccccc3S(=O)(=O)N2Cc2ccccc2)cc1. The van der Waals surface area contributed by atoms with Gasteiger partial charge in [0, 0.05) is 19.5 Å². The molecule has 0 fully saturated rings. The summed E-state index contributed by atoms with van der Waals surface area (Å²) < 4.78 is 33.0. The van der Waals surface area contributed by atoms with Crippen molar-refractivity contribution in [3.05, 3.63) is 95.6 Å². The number of amides is 1. The van der Waals surface area contributed by atoms with Gasteiger partial charge in [0.25, 0.3) is 0 Å². The summed E-state index contributed by atoms with van der Waals surface area (Å²) >= 11 is 0. The lowest BCUT2D eigenvalue weighted by Gasteiger charge is -2.23. The quantitative estimate of drug-likeness (QED) is 0.614. The number of nitrogens with one attached hydrogen (secondary N) is 1. The van der Waals surface area contributed by atoms with E-state index in [1.54, 1.807) is 25.3 Å². The van der Waals surface area contributed by atoms with Crippen LogP contribution >= 0.6 is 0 Å². The fourth-order valence-corrected chi connectivity index (χ4v) is 5.65. The zero-order chi connectivity index (χ0) is 21.8. The van der Waals surface area contributed by atoms with Crippen LogP contribution in [0.1, 0.15) is 29.2 Å². The average Bonchev–Trinajstić information content (AvgIpc) is 3.00. The number of carbonyl (C=O) groups is 1. The summed E-state index contributed by atoms with van der Waals surface area (Å²) in [4.78, 5) is 13.0. The molecule has 1 heterocycles. The molecule has 160 valence electrons. The topological polar surface area (TPSA) is 75.7 Å². The zero-order valence-electron chi connectivity index (χ0n) is 17.2. The van der Waals surface area contributed by atoms with Crippen LogP contribution in [-0.2, 0) is 27.9 Å². The third-order valence-electron chi connectivity index (χ3n) is 5.42. The Morgan fingerprint density at radius 3 is 2.32 bits per heavy atom. The molecule has 0 bridgehead atoms. The summed E-state index contributed by atoms with van der Waals surface area (Å²) in [6.45, 7) is 0.580. The van der Waals surface area contributed by atoms with Crippen LogP contribution in [0, 0.1) is 0 Å². The van der Waals surface area contributed by atoms with E-state index in [0.717, 1.165) is 16.9 Å². The Balaban J connectivity index is 1.52. The van der Waals surface area contributed by atoms with Gasteiger partial charge in [-0.2, -0.15) is 4.31 Å². The van der Waals surface area contributed by atoms with Crippen molar-refractivity contribution in [3.8, 4) is 5.75 Å². The lowest BCUT2D eigenvalue weighted by Crippen LogP contribution is -2.32. The molecule has 6 nitrogen and oxygen atoms in total. The Labute approximate surface area is 182 Å². The number of methoxy groups -OCH3 is 1. The highest BCUT2D eigenvalue weighted by Gasteiger charge is 2.43. The van der Waals surface area contributed by atoms with Crippen molar-refractivity contribution in [2.24, 2.45) is 0 Å². The van der Waals surface area contributed by atoms with Crippen molar-refractivity contribution in [2.45, 2.75) is 30.4 Å². The smallest absolute Gasteiger partial charge is 0.244 e. The van der Waals surface area contributed by atoms with E-state index in [9.17, 15) is 13.2 Å². The predicted octanol–water partition coefficient (Wildman–Crippen LogP) is 3.65. The molecule has 4 rings (SSSR count). The maximum atomic E-state index is 13.2. The van der Waals surface area contributed by atoms with Crippen molar-refractivity contribution in [1.82, 2.24) is 9.62 Å². The Morgan fingerprint density at radius 1 is 0.935 bits per heavy atom. The number of ether oxygens (including phenoxy) is 1. The standard InChI is InChI=1S/C24H24N2O4S/c1-30-20-13-11-18(12-14-20)16-25-24(27)15-22-21-9-5-6-10-23(21)31(28,29)26(22)17-19-7-3-2-4-8-19/h2-14,22H,15-17H2,1H3,(H,25,27)/t22-/m0/s1. The molecule has 3 aromatic rings. The molecule has 1 atom stereocenters. The van der Waals surface area contributed by atoms with Gasteiger partial charge in [-0.15, -0.1) is 0 Å². The van der Waals surface area contributed by atoms with Gasteiger partial charge >= 0.3 is 0 Å². The van der Waals surface area contributed by atoms with Crippen LogP contribution < -0.4 is 10.1 Å². The van der Waals surface area contributed by atoms with Gasteiger partial charge in [-0.25, -0.2) is 8.42 Å². The third kappa shape index (κ3) is 4.47. The Kier molecular flexibility index (Phi) is 6.06. The molecule has 1 amide bonds. The average molecular weight is 437 g/mol. The fourth-order valence-electron chi connectivity index (χ4n) is 3.80. The summed E-state index contributed by atoms with van der Waals surface area (Å²) in [6.07, 6.45) is 0.0548. The Hall–Kier alpha value is -3.16. The molecule has 1 N–H and O–H groups in total. The lowest BCUT2D eigenvalue weighted by atomic mass is 10.0. The summed E-state index contributed by atoms with van der Waals surface area (Å²) in [5.74, 6) is 0.546. The Morgan fingerprint density at radius 2 is 1.61 bits per heavy atom. The number of hydrogen-bond acceptors (Lipinski definition) is 4. The fraction of sp³-hybridized carbons (Fsp3) is 0.208. The molecular weight excluding hydrogens is 412 g/mol. The van der Waals surface area contributed by atoms with Gasteiger partial charge in [-0.3, -0.25) is 4.79 Å². The molecule has 0 saturated heterocycles. The van der Waals surface area contributed by atoms with E-state index in [1.165, 1.54) is 4.31 Å². The van der Waals surface area contributed by atoms with Crippen molar-refractivity contribution >= 4 is 15.9 Å². The molecular formula is C24H24N2O4S. The molecule has 1 aliphatic heterocycles. The minimum Gasteiger partial charge on any atom is -0.497 e. The normalized spacial score (nSPS) is 17.1. The second-order valence-corrected chi connectivity index (χ2v) is 9.28. The van der Waals surface area contributed by atoms with E-state index >= 15 is 0 Å². The van der Waals surface area contributed by atoms with Crippen molar-refractivity contribution < 1.29 is 17.9 Å². The van der Waals surface area contributed by atoms with Crippen LogP contribution in [0.5, 0.6) is 5.75 Å². The molecule has 7 heteroatoms. The monoisotopic (exact) mass is 436 g/mol.